The molecular formula is C29H36FN5O2. The van der Waals surface area contributed by atoms with Gasteiger partial charge in [0.05, 0.1) is 11.4 Å². The van der Waals surface area contributed by atoms with Crippen molar-refractivity contribution < 1.29 is 13.9 Å². The minimum atomic E-state index is -0.392. The second-order valence-corrected chi connectivity index (χ2v) is 9.54. The molecule has 0 saturated carbocycles. The lowest BCUT2D eigenvalue weighted by atomic mass is 10.0. The summed E-state index contributed by atoms with van der Waals surface area (Å²) in [5.41, 5.74) is 9.59. The Balaban J connectivity index is 1.42. The standard InChI is InChI=1S/C29H36FN5O2/c1-4-19(2)27(23-13-14-26(33-28(23)31)32-25-8-6-5-7-24(25)30)34-29(36)20-9-11-21(12-10-20)37-22-15-17-35(3)18-16-22/h5-14,22,26,32-33H,4,15-18,31H2,1-3H3,(H,34,36)/b27-19-. The quantitative estimate of drug-likeness (QED) is 0.423. The Hall–Kier alpha value is -3.78. The van der Waals surface area contributed by atoms with Crippen LogP contribution in [0.3, 0.4) is 0 Å². The number of rotatable bonds is 8. The smallest absolute Gasteiger partial charge is 0.255 e. The summed E-state index contributed by atoms with van der Waals surface area (Å²) in [5.74, 6) is 0.588. The summed E-state index contributed by atoms with van der Waals surface area (Å²) in [6, 6.07) is 13.7. The van der Waals surface area contributed by atoms with E-state index in [1.807, 2.05) is 38.1 Å². The van der Waals surface area contributed by atoms with Crippen molar-refractivity contribution in [3.8, 4) is 5.75 Å². The average molecular weight is 506 g/mol. The van der Waals surface area contributed by atoms with E-state index in [1.54, 1.807) is 30.3 Å². The number of carbonyl (C=O) groups is 1. The Labute approximate surface area is 218 Å². The van der Waals surface area contributed by atoms with Crippen molar-refractivity contribution in [3.05, 3.63) is 94.7 Å². The number of ether oxygens (including phenoxy) is 1. The Morgan fingerprint density at radius 3 is 2.51 bits per heavy atom. The zero-order valence-corrected chi connectivity index (χ0v) is 21.7. The predicted molar refractivity (Wildman–Crippen MR) is 145 cm³/mol. The lowest BCUT2D eigenvalue weighted by Crippen LogP contribution is -2.41. The number of nitrogens with one attached hydrogen (secondary N) is 3. The van der Waals surface area contributed by atoms with Crippen LogP contribution in [0.25, 0.3) is 0 Å². The predicted octanol–water partition coefficient (Wildman–Crippen LogP) is 4.48. The molecule has 2 aliphatic rings. The van der Waals surface area contributed by atoms with Crippen molar-refractivity contribution in [1.82, 2.24) is 15.5 Å². The van der Waals surface area contributed by atoms with Crippen LogP contribution in [0.4, 0.5) is 10.1 Å². The number of hydrogen-bond donors (Lipinski definition) is 4. The fourth-order valence-electron chi connectivity index (χ4n) is 4.37. The maximum Gasteiger partial charge on any atom is 0.255 e. The molecule has 2 aliphatic heterocycles. The SMILES string of the molecule is CC/C(C)=C(\NC(=O)c1ccc(OC2CCN(C)CC2)cc1)C1=C(N)NC(Nc2ccccc2F)C=C1. The van der Waals surface area contributed by atoms with Crippen molar-refractivity contribution >= 4 is 11.6 Å². The highest BCUT2D eigenvalue weighted by Gasteiger charge is 2.21. The Bertz CT molecular complexity index is 1200. The molecule has 0 bridgehead atoms. The lowest BCUT2D eigenvalue weighted by Gasteiger charge is -2.29. The topological polar surface area (TPSA) is 91.7 Å². The van der Waals surface area contributed by atoms with Crippen LogP contribution in [0.1, 0.15) is 43.5 Å². The van der Waals surface area contributed by atoms with Gasteiger partial charge >= 0.3 is 0 Å². The van der Waals surface area contributed by atoms with Gasteiger partial charge in [-0.05, 0) is 87.4 Å². The number of nitrogens with zero attached hydrogens (tertiary/aromatic N) is 1. The molecule has 0 spiro atoms. The molecule has 37 heavy (non-hydrogen) atoms. The van der Waals surface area contributed by atoms with Crippen molar-refractivity contribution in [2.45, 2.75) is 45.4 Å². The molecule has 5 N–H and O–H groups in total. The van der Waals surface area contributed by atoms with Gasteiger partial charge in [-0.25, -0.2) is 4.39 Å². The first kappa shape index (κ1) is 26.3. The van der Waals surface area contributed by atoms with E-state index in [0.29, 0.717) is 28.3 Å². The third-order valence-electron chi connectivity index (χ3n) is 6.79. The summed E-state index contributed by atoms with van der Waals surface area (Å²) in [4.78, 5) is 15.5. The molecule has 196 valence electrons. The van der Waals surface area contributed by atoms with Crippen LogP contribution in [0, 0.1) is 5.82 Å². The minimum Gasteiger partial charge on any atom is -0.490 e. The van der Waals surface area contributed by atoms with Gasteiger partial charge < -0.3 is 31.3 Å². The number of halogens is 1. The fraction of sp³-hybridized carbons (Fsp3) is 0.345. The number of piperidine rings is 1. The number of hydrogen-bond acceptors (Lipinski definition) is 6. The average Bonchev–Trinajstić information content (AvgIpc) is 2.90. The Kier molecular flexibility index (Phi) is 8.50. The van der Waals surface area contributed by atoms with E-state index in [0.717, 1.165) is 43.7 Å². The normalized spacial score (nSPS) is 19.2. The molecule has 4 rings (SSSR count). The van der Waals surface area contributed by atoms with Gasteiger partial charge in [0.2, 0.25) is 0 Å². The van der Waals surface area contributed by atoms with E-state index in [-0.39, 0.29) is 17.8 Å². The van der Waals surface area contributed by atoms with Crippen molar-refractivity contribution in [2.24, 2.45) is 5.73 Å². The van der Waals surface area contributed by atoms with Crippen LogP contribution < -0.4 is 26.4 Å². The minimum absolute atomic E-state index is 0.204. The summed E-state index contributed by atoms with van der Waals surface area (Å²) in [7, 11) is 2.12. The van der Waals surface area contributed by atoms with E-state index in [1.165, 1.54) is 6.07 Å². The van der Waals surface area contributed by atoms with Crippen LogP contribution in [-0.2, 0) is 0 Å². The summed E-state index contributed by atoms with van der Waals surface area (Å²) < 4.78 is 20.1. The molecule has 0 aliphatic carbocycles. The first-order chi connectivity index (χ1) is 17.8. The number of amides is 1. The molecule has 7 nitrogen and oxygen atoms in total. The van der Waals surface area contributed by atoms with E-state index in [4.69, 9.17) is 10.5 Å². The van der Waals surface area contributed by atoms with Crippen molar-refractivity contribution in [2.75, 3.05) is 25.5 Å². The zero-order chi connectivity index (χ0) is 26.4. The summed E-state index contributed by atoms with van der Waals surface area (Å²) in [6.07, 6.45) is 6.24. The Morgan fingerprint density at radius 1 is 1.16 bits per heavy atom. The van der Waals surface area contributed by atoms with Crippen LogP contribution in [0.5, 0.6) is 5.75 Å². The van der Waals surface area contributed by atoms with Crippen molar-refractivity contribution in [3.63, 3.8) is 0 Å². The molecule has 1 unspecified atom stereocenters. The molecular weight excluding hydrogens is 469 g/mol. The number of allylic oxidation sites excluding steroid dienone is 2. The third-order valence-corrected chi connectivity index (χ3v) is 6.79. The molecule has 1 amide bonds. The monoisotopic (exact) mass is 505 g/mol. The lowest BCUT2D eigenvalue weighted by molar-refractivity contribution is 0.0966. The molecule has 2 aromatic rings. The van der Waals surface area contributed by atoms with E-state index in [2.05, 4.69) is 27.9 Å². The highest BCUT2D eigenvalue weighted by Crippen LogP contribution is 2.23. The van der Waals surface area contributed by atoms with Gasteiger partial charge in [0, 0.05) is 24.2 Å². The molecule has 1 saturated heterocycles. The summed E-state index contributed by atoms with van der Waals surface area (Å²) in [5, 5.41) is 9.28. The van der Waals surface area contributed by atoms with E-state index >= 15 is 0 Å². The zero-order valence-electron chi connectivity index (χ0n) is 21.7. The van der Waals surface area contributed by atoms with Gasteiger partial charge in [-0.3, -0.25) is 4.79 Å². The second kappa shape index (κ2) is 12.0. The highest BCUT2D eigenvalue weighted by atomic mass is 19.1. The molecule has 0 aromatic heterocycles. The Morgan fingerprint density at radius 2 is 1.86 bits per heavy atom. The summed E-state index contributed by atoms with van der Waals surface area (Å²) >= 11 is 0. The molecule has 1 atom stereocenters. The number of nitrogens with two attached hydrogens (primary N) is 1. The maximum absolute atomic E-state index is 14.0. The molecule has 0 radical (unpaired) electrons. The maximum atomic E-state index is 14.0. The van der Waals surface area contributed by atoms with Crippen LogP contribution in [-0.4, -0.2) is 43.2 Å². The number of dihydropyridines is 1. The van der Waals surface area contributed by atoms with Gasteiger partial charge in [-0.2, -0.15) is 0 Å². The molecule has 2 heterocycles. The fourth-order valence-corrected chi connectivity index (χ4v) is 4.37. The third kappa shape index (κ3) is 6.71. The van der Waals surface area contributed by atoms with E-state index in [9.17, 15) is 9.18 Å². The first-order valence-corrected chi connectivity index (χ1v) is 12.8. The van der Waals surface area contributed by atoms with Crippen molar-refractivity contribution in [1.29, 1.82) is 0 Å². The number of para-hydroxylation sites is 1. The number of carbonyl (C=O) groups excluding carboxylic acids is 1. The highest BCUT2D eigenvalue weighted by molar-refractivity contribution is 5.96. The van der Waals surface area contributed by atoms with Crippen LogP contribution >= 0.6 is 0 Å². The van der Waals surface area contributed by atoms with Crippen LogP contribution in [0.15, 0.2) is 83.3 Å². The summed E-state index contributed by atoms with van der Waals surface area (Å²) in [6.45, 7) is 6.04. The second-order valence-electron chi connectivity index (χ2n) is 9.54. The first-order valence-electron chi connectivity index (χ1n) is 12.8. The van der Waals surface area contributed by atoms with E-state index < -0.39 is 6.17 Å². The molecule has 2 aromatic carbocycles. The van der Waals surface area contributed by atoms with Gasteiger partial charge in [-0.1, -0.05) is 19.1 Å². The van der Waals surface area contributed by atoms with Gasteiger partial charge in [0.25, 0.3) is 5.91 Å². The number of likely N-dealkylation sites (tertiary alicyclic amines) is 1. The molecule has 1 fully saturated rings. The molecule has 8 heteroatoms. The van der Waals surface area contributed by atoms with Gasteiger partial charge in [-0.15, -0.1) is 0 Å². The number of anilines is 1. The number of benzene rings is 2. The van der Waals surface area contributed by atoms with Gasteiger partial charge in [0.1, 0.15) is 29.7 Å². The van der Waals surface area contributed by atoms with Crippen LogP contribution in [0.2, 0.25) is 0 Å². The largest absolute Gasteiger partial charge is 0.490 e. The van der Waals surface area contributed by atoms with Gasteiger partial charge in [0.15, 0.2) is 0 Å².